The molecule has 0 saturated heterocycles. The van der Waals surface area contributed by atoms with E-state index in [2.05, 4.69) is 5.32 Å². The number of nitrogens with two attached hydrogens (primary N) is 2. The molecule has 98 valence electrons. The van der Waals surface area contributed by atoms with Crippen molar-refractivity contribution in [1.82, 2.24) is 5.32 Å². The molecule has 1 aliphatic carbocycles. The van der Waals surface area contributed by atoms with Crippen molar-refractivity contribution in [3.63, 3.8) is 0 Å². The van der Waals surface area contributed by atoms with E-state index >= 15 is 0 Å². The maximum atomic E-state index is 11.8. The van der Waals surface area contributed by atoms with E-state index in [0.29, 0.717) is 13.0 Å². The lowest BCUT2D eigenvalue weighted by molar-refractivity contribution is -0.122. The van der Waals surface area contributed by atoms with Crippen molar-refractivity contribution < 1.29 is 4.79 Å². The Morgan fingerprint density at radius 3 is 3.06 bits per heavy atom. The third kappa shape index (κ3) is 3.01. The van der Waals surface area contributed by atoms with Gasteiger partial charge in [-0.15, -0.1) is 0 Å². The average molecular weight is 247 g/mol. The maximum Gasteiger partial charge on any atom is 0.220 e. The molecule has 1 aromatic rings. The number of fused-ring (bicyclic) bond motifs is 1. The number of rotatable bonds is 4. The largest absolute Gasteiger partial charge is 0.399 e. The zero-order chi connectivity index (χ0) is 13.0. The summed E-state index contributed by atoms with van der Waals surface area (Å²) in [6.07, 6.45) is 4.41. The number of carbonyl (C=O) groups is 1. The van der Waals surface area contributed by atoms with Crippen LogP contribution < -0.4 is 16.8 Å². The first kappa shape index (κ1) is 12.9. The standard InChI is InChI=1S/C14H21N3O/c15-8-2-5-14(18)17-13-4-1-3-10-9-11(16)6-7-12(10)13/h6-7,9,13H,1-5,8,15-16H2,(H,17,18). The monoisotopic (exact) mass is 247 g/mol. The Morgan fingerprint density at radius 2 is 2.28 bits per heavy atom. The number of nitrogen functional groups attached to an aromatic ring is 1. The summed E-state index contributed by atoms with van der Waals surface area (Å²) < 4.78 is 0. The van der Waals surface area contributed by atoms with E-state index < -0.39 is 0 Å². The maximum absolute atomic E-state index is 11.8. The smallest absolute Gasteiger partial charge is 0.220 e. The second-order valence-electron chi connectivity index (χ2n) is 4.86. The first-order valence-corrected chi connectivity index (χ1v) is 6.58. The summed E-state index contributed by atoms with van der Waals surface area (Å²) >= 11 is 0. The molecule has 0 fully saturated rings. The molecule has 1 amide bonds. The highest BCUT2D eigenvalue weighted by molar-refractivity contribution is 5.76. The van der Waals surface area contributed by atoms with Crippen molar-refractivity contribution in [2.45, 2.75) is 38.1 Å². The highest BCUT2D eigenvalue weighted by atomic mass is 16.1. The van der Waals surface area contributed by atoms with Crippen molar-refractivity contribution in [3.05, 3.63) is 29.3 Å². The van der Waals surface area contributed by atoms with Gasteiger partial charge >= 0.3 is 0 Å². The quantitative estimate of drug-likeness (QED) is 0.705. The predicted molar refractivity (Wildman–Crippen MR) is 73.0 cm³/mol. The van der Waals surface area contributed by atoms with Crippen LogP contribution in [0.15, 0.2) is 18.2 Å². The second kappa shape index (κ2) is 5.87. The Hall–Kier alpha value is -1.55. The second-order valence-corrected chi connectivity index (χ2v) is 4.86. The normalized spacial score (nSPS) is 18.2. The van der Waals surface area contributed by atoms with Gasteiger partial charge in [0.2, 0.25) is 5.91 Å². The molecular weight excluding hydrogens is 226 g/mol. The van der Waals surface area contributed by atoms with Crippen molar-refractivity contribution in [1.29, 1.82) is 0 Å². The van der Waals surface area contributed by atoms with Crippen LogP contribution in [0.3, 0.4) is 0 Å². The van der Waals surface area contributed by atoms with Crippen molar-refractivity contribution >= 4 is 11.6 Å². The molecule has 0 aromatic heterocycles. The van der Waals surface area contributed by atoms with Gasteiger partial charge < -0.3 is 16.8 Å². The third-order valence-electron chi connectivity index (χ3n) is 3.42. The molecule has 5 N–H and O–H groups in total. The summed E-state index contributed by atoms with van der Waals surface area (Å²) in [6.45, 7) is 0.561. The van der Waals surface area contributed by atoms with E-state index in [1.165, 1.54) is 11.1 Å². The van der Waals surface area contributed by atoms with E-state index in [1.54, 1.807) is 0 Å². The van der Waals surface area contributed by atoms with Gasteiger partial charge in [0, 0.05) is 12.1 Å². The van der Waals surface area contributed by atoms with Crippen LogP contribution in [0.1, 0.15) is 42.9 Å². The summed E-state index contributed by atoms with van der Waals surface area (Å²) in [7, 11) is 0. The van der Waals surface area contributed by atoms with Gasteiger partial charge in [0.1, 0.15) is 0 Å². The molecule has 0 radical (unpaired) electrons. The number of carbonyl (C=O) groups excluding carboxylic acids is 1. The van der Waals surface area contributed by atoms with E-state index in [9.17, 15) is 4.79 Å². The van der Waals surface area contributed by atoms with Crippen LogP contribution in [-0.4, -0.2) is 12.5 Å². The van der Waals surface area contributed by atoms with Gasteiger partial charge in [0.05, 0.1) is 6.04 Å². The molecule has 4 nitrogen and oxygen atoms in total. The highest BCUT2D eigenvalue weighted by Gasteiger charge is 2.21. The topological polar surface area (TPSA) is 81.1 Å². The van der Waals surface area contributed by atoms with Crippen LogP contribution in [0, 0.1) is 0 Å². The Kier molecular flexibility index (Phi) is 4.20. The lowest BCUT2D eigenvalue weighted by Gasteiger charge is -2.26. The van der Waals surface area contributed by atoms with Crippen LogP contribution in [0.4, 0.5) is 5.69 Å². The number of anilines is 1. The lowest BCUT2D eigenvalue weighted by Crippen LogP contribution is -2.31. The SMILES string of the molecule is NCCCC(=O)NC1CCCc2cc(N)ccc21. The molecule has 0 heterocycles. The first-order valence-electron chi connectivity index (χ1n) is 6.58. The molecule has 0 saturated carbocycles. The number of benzene rings is 1. The number of hydrogen-bond donors (Lipinski definition) is 3. The molecule has 0 bridgehead atoms. The van der Waals surface area contributed by atoms with Crippen molar-refractivity contribution in [2.75, 3.05) is 12.3 Å². The molecule has 4 heteroatoms. The minimum Gasteiger partial charge on any atom is -0.399 e. The minimum absolute atomic E-state index is 0.0927. The summed E-state index contributed by atoms with van der Waals surface area (Å²) in [5, 5.41) is 3.09. The average Bonchev–Trinajstić information content (AvgIpc) is 2.36. The predicted octanol–water partition coefficient (Wildman–Crippen LogP) is 1.50. The van der Waals surface area contributed by atoms with Crippen molar-refractivity contribution in [2.24, 2.45) is 5.73 Å². The van der Waals surface area contributed by atoms with Gasteiger partial charge in [-0.1, -0.05) is 6.07 Å². The third-order valence-corrected chi connectivity index (χ3v) is 3.42. The van der Waals surface area contributed by atoms with Gasteiger partial charge in [-0.05, 0) is 55.5 Å². The fraction of sp³-hybridized carbons (Fsp3) is 0.500. The first-order chi connectivity index (χ1) is 8.70. The Balaban J connectivity index is 2.06. The van der Waals surface area contributed by atoms with Gasteiger partial charge in [-0.2, -0.15) is 0 Å². The summed E-state index contributed by atoms with van der Waals surface area (Å²) in [5.41, 5.74) is 14.5. The minimum atomic E-state index is 0.0927. The summed E-state index contributed by atoms with van der Waals surface area (Å²) in [4.78, 5) is 11.8. The zero-order valence-electron chi connectivity index (χ0n) is 10.6. The molecular formula is C14H21N3O. The van der Waals surface area contributed by atoms with E-state index in [0.717, 1.165) is 31.4 Å². The Morgan fingerprint density at radius 1 is 1.44 bits per heavy atom. The fourth-order valence-electron chi connectivity index (χ4n) is 2.51. The molecule has 18 heavy (non-hydrogen) atoms. The molecule has 1 aliphatic rings. The lowest BCUT2D eigenvalue weighted by atomic mass is 9.87. The molecule has 1 atom stereocenters. The van der Waals surface area contributed by atoms with Crippen LogP contribution in [0.5, 0.6) is 0 Å². The van der Waals surface area contributed by atoms with Gasteiger partial charge in [0.25, 0.3) is 0 Å². The molecule has 0 aliphatic heterocycles. The Labute approximate surface area is 108 Å². The van der Waals surface area contributed by atoms with E-state index in [-0.39, 0.29) is 11.9 Å². The molecule has 1 aromatic carbocycles. The molecule has 1 unspecified atom stereocenters. The highest BCUT2D eigenvalue weighted by Crippen LogP contribution is 2.30. The van der Waals surface area contributed by atoms with Crippen LogP contribution in [0.2, 0.25) is 0 Å². The van der Waals surface area contributed by atoms with E-state index in [1.807, 2.05) is 18.2 Å². The Bertz CT molecular complexity index is 431. The van der Waals surface area contributed by atoms with Crippen LogP contribution in [-0.2, 0) is 11.2 Å². The van der Waals surface area contributed by atoms with Gasteiger partial charge in [-0.25, -0.2) is 0 Å². The summed E-state index contributed by atoms with van der Waals surface area (Å²) in [5.74, 6) is 0.0927. The fourth-order valence-corrected chi connectivity index (χ4v) is 2.51. The number of amides is 1. The number of aryl methyl sites for hydroxylation is 1. The van der Waals surface area contributed by atoms with Crippen molar-refractivity contribution in [3.8, 4) is 0 Å². The number of nitrogens with one attached hydrogen (secondary N) is 1. The molecule has 2 rings (SSSR count). The zero-order valence-corrected chi connectivity index (χ0v) is 10.6. The summed E-state index contributed by atoms with van der Waals surface area (Å²) in [6, 6.07) is 6.11. The molecule has 0 spiro atoms. The van der Waals surface area contributed by atoms with E-state index in [4.69, 9.17) is 11.5 Å². The van der Waals surface area contributed by atoms with Crippen LogP contribution >= 0.6 is 0 Å². The van der Waals surface area contributed by atoms with Crippen LogP contribution in [0.25, 0.3) is 0 Å². The number of hydrogen-bond acceptors (Lipinski definition) is 3. The van der Waals surface area contributed by atoms with Gasteiger partial charge in [0.15, 0.2) is 0 Å². The van der Waals surface area contributed by atoms with Gasteiger partial charge in [-0.3, -0.25) is 4.79 Å².